The second kappa shape index (κ2) is 6.96. The molecule has 23 heavy (non-hydrogen) atoms. The van der Waals surface area contributed by atoms with Crippen LogP contribution in [0.5, 0.6) is 0 Å². The van der Waals surface area contributed by atoms with Crippen LogP contribution in [0.1, 0.15) is 40.4 Å². The molecule has 3 rings (SSSR count). The van der Waals surface area contributed by atoms with Crippen molar-refractivity contribution in [1.29, 1.82) is 0 Å². The van der Waals surface area contributed by atoms with Crippen LogP contribution < -0.4 is 0 Å². The molecule has 5 heteroatoms. The first kappa shape index (κ1) is 15.7. The Morgan fingerprint density at radius 2 is 1.91 bits per heavy atom. The highest BCUT2D eigenvalue weighted by molar-refractivity contribution is 5.94. The first-order valence-corrected chi connectivity index (χ1v) is 8.17. The van der Waals surface area contributed by atoms with Crippen molar-refractivity contribution in [3.05, 3.63) is 53.3 Å². The van der Waals surface area contributed by atoms with Crippen LogP contribution in [0.2, 0.25) is 0 Å². The van der Waals surface area contributed by atoms with Crippen molar-refractivity contribution in [2.45, 2.75) is 32.2 Å². The van der Waals surface area contributed by atoms with Gasteiger partial charge < -0.3 is 10.0 Å². The monoisotopic (exact) mass is 313 g/mol. The van der Waals surface area contributed by atoms with Crippen LogP contribution >= 0.6 is 0 Å². The summed E-state index contributed by atoms with van der Waals surface area (Å²) in [6, 6.07) is 9.79. The van der Waals surface area contributed by atoms with Gasteiger partial charge in [-0.25, -0.2) is 0 Å². The van der Waals surface area contributed by atoms with Crippen molar-refractivity contribution in [1.82, 2.24) is 14.7 Å². The van der Waals surface area contributed by atoms with Gasteiger partial charge in [0.2, 0.25) is 0 Å². The largest absolute Gasteiger partial charge is 0.394 e. The third kappa shape index (κ3) is 3.45. The van der Waals surface area contributed by atoms with Crippen molar-refractivity contribution in [3.63, 3.8) is 0 Å². The molecule has 0 aliphatic carbocycles. The van der Waals surface area contributed by atoms with Crippen LogP contribution in [0.4, 0.5) is 0 Å². The van der Waals surface area contributed by atoms with Crippen molar-refractivity contribution in [3.8, 4) is 0 Å². The molecule has 2 heterocycles. The van der Waals surface area contributed by atoms with E-state index >= 15 is 0 Å². The minimum atomic E-state index is 0.0967. The Hall–Kier alpha value is -2.14. The number of nitrogens with zero attached hydrogens (tertiary/aromatic N) is 3. The number of aryl methyl sites for hydroxylation is 1. The molecule has 1 aliphatic heterocycles. The van der Waals surface area contributed by atoms with Crippen molar-refractivity contribution in [2.24, 2.45) is 0 Å². The molecule has 0 spiro atoms. The molecule has 5 nitrogen and oxygen atoms in total. The number of amides is 1. The van der Waals surface area contributed by atoms with Gasteiger partial charge in [-0.05, 0) is 38.0 Å². The number of aliphatic hydroxyl groups excluding tert-OH is 1. The zero-order valence-corrected chi connectivity index (χ0v) is 13.5. The Morgan fingerprint density at radius 1 is 1.22 bits per heavy atom. The van der Waals surface area contributed by atoms with E-state index in [4.69, 9.17) is 5.11 Å². The van der Waals surface area contributed by atoms with Crippen molar-refractivity contribution < 1.29 is 9.90 Å². The number of piperidine rings is 1. The summed E-state index contributed by atoms with van der Waals surface area (Å²) < 4.78 is 1.88. The van der Waals surface area contributed by atoms with Gasteiger partial charge in [-0.1, -0.05) is 17.7 Å². The molecule has 122 valence electrons. The van der Waals surface area contributed by atoms with E-state index in [1.165, 1.54) is 5.69 Å². The van der Waals surface area contributed by atoms with E-state index in [1.54, 1.807) is 6.20 Å². The zero-order valence-electron chi connectivity index (χ0n) is 13.5. The van der Waals surface area contributed by atoms with Gasteiger partial charge in [-0.3, -0.25) is 9.48 Å². The van der Waals surface area contributed by atoms with E-state index in [9.17, 15) is 4.79 Å². The predicted molar refractivity (Wildman–Crippen MR) is 88.4 cm³/mol. The van der Waals surface area contributed by atoms with Crippen LogP contribution in [0.25, 0.3) is 0 Å². The molecule has 0 saturated carbocycles. The van der Waals surface area contributed by atoms with Gasteiger partial charge in [0.1, 0.15) is 0 Å². The summed E-state index contributed by atoms with van der Waals surface area (Å²) in [4.78, 5) is 14.5. The highest BCUT2D eigenvalue weighted by atomic mass is 16.3. The van der Waals surface area contributed by atoms with Crippen molar-refractivity contribution in [2.75, 3.05) is 19.7 Å². The normalized spacial score (nSPS) is 15.8. The Kier molecular flexibility index (Phi) is 4.76. The zero-order chi connectivity index (χ0) is 16.2. The summed E-state index contributed by atoms with van der Waals surface area (Å²) in [5.74, 6) is 0.526. The third-order valence-corrected chi connectivity index (χ3v) is 4.56. The van der Waals surface area contributed by atoms with Crippen LogP contribution in [0, 0.1) is 6.92 Å². The number of carbonyl (C=O) groups excluding carboxylic acids is 1. The number of rotatable bonds is 4. The van der Waals surface area contributed by atoms with E-state index in [0.29, 0.717) is 12.5 Å². The number of benzene rings is 1. The van der Waals surface area contributed by atoms with Gasteiger partial charge in [0, 0.05) is 36.5 Å². The van der Waals surface area contributed by atoms with E-state index in [-0.39, 0.29) is 12.5 Å². The lowest BCUT2D eigenvalue weighted by atomic mass is 9.93. The molecule has 0 atom stereocenters. The number of carbonyl (C=O) groups is 1. The summed E-state index contributed by atoms with van der Waals surface area (Å²) >= 11 is 0. The number of likely N-dealkylation sites (tertiary alicyclic amines) is 1. The van der Waals surface area contributed by atoms with Crippen LogP contribution in [0.15, 0.2) is 36.5 Å². The van der Waals surface area contributed by atoms with Crippen LogP contribution in [0.3, 0.4) is 0 Å². The first-order chi connectivity index (χ1) is 11.2. The molecule has 0 unspecified atom stereocenters. The van der Waals surface area contributed by atoms with Crippen LogP contribution in [-0.4, -0.2) is 45.4 Å². The summed E-state index contributed by atoms with van der Waals surface area (Å²) in [5.41, 5.74) is 3.10. The van der Waals surface area contributed by atoms with Gasteiger partial charge in [0.15, 0.2) is 0 Å². The quantitative estimate of drug-likeness (QED) is 0.941. The average molecular weight is 313 g/mol. The maximum atomic E-state index is 12.5. The van der Waals surface area contributed by atoms with Gasteiger partial charge in [-0.2, -0.15) is 5.10 Å². The summed E-state index contributed by atoms with van der Waals surface area (Å²) in [6.07, 6.45) is 3.66. The fourth-order valence-corrected chi connectivity index (χ4v) is 3.23. The van der Waals surface area contributed by atoms with E-state index in [1.807, 2.05) is 46.8 Å². The van der Waals surface area contributed by atoms with Gasteiger partial charge in [0.05, 0.1) is 13.2 Å². The van der Waals surface area contributed by atoms with Crippen LogP contribution in [-0.2, 0) is 6.54 Å². The highest BCUT2D eigenvalue weighted by Crippen LogP contribution is 2.28. The first-order valence-electron chi connectivity index (χ1n) is 8.17. The third-order valence-electron chi connectivity index (χ3n) is 4.56. The SMILES string of the molecule is Cc1ccc(C(=O)N2CCC(c3ccnn3CCO)CC2)cc1. The average Bonchev–Trinajstić information content (AvgIpc) is 3.04. The summed E-state index contributed by atoms with van der Waals surface area (Å²) in [7, 11) is 0. The topological polar surface area (TPSA) is 58.4 Å². The molecule has 2 aromatic rings. The summed E-state index contributed by atoms with van der Waals surface area (Å²) in [6.45, 7) is 4.18. The fourth-order valence-electron chi connectivity index (χ4n) is 3.23. The van der Waals surface area contributed by atoms with Crippen molar-refractivity contribution >= 4 is 5.91 Å². The van der Waals surface area contributed by atoms with Gasteiger partial charge in [0.25, 0.3) is 5.91 Å². The Balaban J connectivity index is 1.63. The standard InChI is InChI=1S/C18H23N3O2/c1-14-2-4-16(5-3-14)18(23)20-10-7-15(8-11-20)17-6-9-19-21(17)12-13-22/h2-6,9,15,22H,7-8,10-13H2,1H3. The Bertz CT molecular complexity index is 655. The molecule has 0 radical (unpaired) electrons. The molecule has 1 N–H and O–H groups in total. The second-order valence-electron chi connectivity index (χ2n) is 6.14. The molecule has 0 bridgehead atoms. The highest BCUT2D eigenvalue weighted by Gasteiger charge is 2.26. The van der Waals surface area contributed by atoms with E-state index in [0.717, 1.165) is 37.1 Å². The maximum absolute atomic E-state index is 12.5. The minimum absolute atomic E-state index is 0.0967. The smallest absolute Gasteiger partial charge is 0.253 e. The minimum Gasteiger partial charge on any atom is -0.394 e. The molecular weight excluding hydrogens is 290 g/mol. The lowest BCUT2D eigenvalue weighted by Crippen LogP contribution is -2.38. The molecule has 1 aromatic carbocycles. The van der Waals surface area contributed by atoms with Gasteiger partial charge in [-0.15, -0.1) is 0 Å². The number of aliphatic hydroxyl groups is 1. The van der Waals surface area contributed by atoms with E-state index in [2.05, 4.69) is 5.10 Å². The lowest BCUT2D eigenvalue weighted by Gasteiger charge is -2.32. The Labute approximate surface area is 136 Å². The van der Waals surface area contributed by atoms with Gasteiger partial charge >= 0.3 is 0 Å². The molecule has 1 aromatic heterocycles. The van der Waals surface area contributed by atoms with E-state index < -0.39 is 0 Å². The lowest BCUT2D eigenvalue weighted by molar-refractivity contribution is 0.0711. The Morgan fingerprint density at radius 3 is 2.57 bits per heavy atom. The second-order valence-corrected chi connectivity index (χ2v) is 6.14. The molecule has 1 saturated heterocycles. The predicted octanol–water partition coefficient (Wildman–Crippen LogP) is 2.20. The maximum Gasteiger partial charge on any atom is 0.253 e. The molecule has 1 amide bonds. The fraction of sp³-hybridized carbons (Fsp3) is 0.444. The number of hydrogen-bond acceptors (Lipinski definition) is 3. The number of aromatic nitrogens is 2. The molecule has 1 fully saturated rings. The summed E-state index contributed by atoms with van der Waals surface area (Å²) in [5, 5.41) is 13.4. The number of hydrogen-bond donors (Lipinski definition) is 1. The molecular formula is C18H23N3O2. The molecule has 1 aliphatic rings.